The highest BCUT2D eigenvalue weighted by atomic mass is 16.5. The van der Waals surface area contributed by atoms with Crippen LogP contribution in [0.25, 0.3) is 0 Å². The lowest BCUT2D eigenvalue weighted by molar-refractivity contribution is 0.173. The minimum absolute atomic E-state index is 0.275. The largest absolute Gasteiger partial charge is 0.441 e. The number of rotatable bonds is 1. The minimum Gasteiger partial charge on any atom is -0.441 e. The molecule has 0 amide bonds. The maximum atomic E-state index is 8.32. The van der Waals surface area contributed by atoms with E-state index in [9.17, 15) is 0 Å². The van der Waals surface area contributed by atoms with Crippen LogP contribution in [0, 0.1) is 11.3 Å². The SMILES string of the molecule is CN(C)C1=NN(CC#N)CO1. The van der Waals surface area contributed by atoms with E-state index >= 15 is 0 Å². The zero-order valence-corrected chi connectivity index (χ0v) is 6.61. The topological polar surface area (TPSA) is 51.9 Å². The first-order valence-corrected chi connectivity index (χ1v) is 3.24. The molecule has 0 N–H and O–H groups in total. The lowest BCUT2D eigenvalue weighted by Crippen LogP contribution is -2.21. The molecule has 11 heavy (non-hydrogen) atoms. The Kier molecular flexibility index (Phi) is 2.16. The van der Waals surface area contributed by atoms with Crippen LogP contribution in [-0.2, 0) is 4.74 Å². The monoisotopic (exact) mass is 154 g/mol. The van der Waals surface area contributed by atoms with Crippen molar-refractivity contribution < 1.29 is 4.74 Å². The molecule has 0 aliphatic carbocycles. The molecule has 5 nitrogen and oxygen atoms in total. The van der Waals surface area contributed by atoms with Gasteiger partial charge in [0.25, 0.3) is 0 Å². The van der Waals surface area contributed by atoms with Crippen molar-refractivity contribution in [3.63, 3.8) is 0 Å². The second kappa shape index (κ2) is 3.10. The summed E-state index contributed by atoms with van der Waals surface area (Å²) in [6.07, 6.45) is 0. The number of nitriles is 1. The summed E-state index contributed by atoms with van der Waals surface area (Å²) >= 11 is 0. The number of ether oxygens (including phenoxy) is 1. The van der Waals surface area contributed by atoms with Crippen LogP contribution in [0.4, 0.5) is 0 Å². The first-order chi connectivity index (χ1) is 5.24. The molecule has 0 unspecified atom stereocenters. The lowest BCUT2D eigenvalue weighted by atomic mass is 10.7. The molecule has 1 rings (SSSR count). The van der Waals surface area contributed by atoms with E-state index < -0.39 is 0 Å². The van der Waals surface area contributed by atoms with E-state index in [1.165, 1.54) is 0 Å². The van der Waals surface area contributed by atoms with Gasteiger partial charge in [0.05, 0.1) is 6.07 Å². The second-order valence-electron chi connectivity index (χ2n) is 2.37. The summed E-state index contributed by atoms with van der Waals surface area (Å²) in [6.45, 7) is 0.651. The van der Waals surface area contributed by atoms with Gasteiger partial charge in [-0.1, -0.05) is 0 Å². The van der Waals surface area contributed by atoms with Crippen molar-refractivity contribution in [2.45, 2.75) is 0 Å². The molecular formula is C6H10N4O. The number of hydrazone groups is 1. The number of amidine groups is 1. The summed E-state index contributed by atoms with van der Waals surface area (Å²) in [6, 6.07) is 2.55. The van der Waals surface area contributed by atoms with Crippen LogP contribution in [0.1, 0.15) is 0 Å². The quantitative estimate of drug-likeness (QED) is 0.484. The summed E-state index contributed by atoms with van der Waals surface area (Å²) < 4.78 is 5.13. The Morgan fingerprint density at radius 3 is 3.00 bits per heavy atom. The van der Waals surface area contributed by atoms with Gasteiger partial charge in [-0.15, -0.1) is 5.10 Å². The molecule has 0 aromatic carbocycles. The Labute approximate surface area is 65.4 Å². The number of hydrogen-bond acceptors (Lipinski definition) is 5. The number of nitrogens with zero attached hydrogens (tertiary/aromatic N) is 4. The van der Waals surface area contributed by atoms with E-state index in [4.69, 9.17) is 10.00 Å². The van der Waals surface area contributed by atoms with Gasteiger partial charge >= 0.3 is 6.02 Å². The molecule has 0 saturated heterocycles. The molecule has 0 aromatic rings. The molecular weight excluding hydrogens is 144 g/mol. The van der Waals surface area contributed by atoms with Gasteiger partial charge in [-0.2, -0.15) is 5.26 Å². The van der Waals surface area contributed by atoms with Gasteiger partial charge in [-0.05, 0) is 0 Å². The Morgan fingerprint density at radius 2 is 2.55 bits per heavy atom. The van der Waals surface area contributed by atoms with Gasteiger partial charge in [0, 0.05) is 14.1 Å². The van der Waals surface area contributed by atoms with E-state index in [1.54, 1.807) is 9.91 Å². The zero-order valence-electron chi connectivity index (χ0n) is 6.61. The average Bonchev–Trinajstić information content (AvgIpc) is 2.37. The molecule has 0 radical (unpaired) electrons. The van der Waals surface area contributed by atoms with E-state index in [-0.39, 0.29) is 6.54 Å². The maximum absolute atomic E-state index is 8.32. The Balaban J connectivity index is 2.49. The van der Waals surface area contributed by atoms with Crippen molar-refractivity contribution >= 4 is 6.02 Å². The van der Waals surface area contributed by atoms with Crippen molar-refractivity contribution in [2.75, 3.05) is 27.4 Å². The molecule has 1 aliphatic heterocycles. The third-order valence-corrected chi connectivity index (χ3v) is 1.21. The van der Waals surface area contributed by atoms with E-state index in [0.717, 1.165) is 0 Å². The highest BCUT2D eigenvalue weighted by Gasteiger charge is 2.15. The minimum atomic E-state index is 0.275. The summed E-state index contributed by atoms with van der Waals surface area (Å²) in [5.41, 5.74) is 0. The summed E-state index contributed by atoms with van der Waals surface area (Å²) in [4.78, 5) is 1.76. The van der Waals surface area contributed by atoms with Crippen molar-refractivity contribution in [3.05, 3.63) is 0 Å². The van der Waals surface area contributed by atoms with Gasteiger partial charge in [0.1, 0.15) is 6.54 Å². The maximum Gasteiger partial charge on any atom is 0.310 e. The van der Waals surface area contributed by atoms with E-state index in [2.05, 4.69) is 5.10 Å². The molecule has 5 heteroatoms. The van der Waals surface area contributed by atoms with Crippen molar-refractivity contribution in [2.24, 2.45) is 5.10 Å². The molecule has 0 spiro atoms. The molecule has 0 aromatic heterocycles. The molecule has 0 saturated carbocycles. The fourth-order valence-electron chi connectivity index (χ4n) is 0.692. The molecule has 0 bridgehead atoms. The highest BCUT2D eigenvalue weighted by Crippen LogP contribution is 2.02. The van der Waals surface area contributed by atoms with Crippen LogP contribution in [0.2, 0.25) is 0 Å². The first kappa shape index (κ1) is 7.66. The lowest BCUT2D eigenvalue weighted by Gasteiger charge is -2.07. The van der Waals surface area contributed by atoms with Crippen molar-refractivity contribution in [1.82, 2.24) is 9.91 Å². The Bertz CT molecular complexity index is 205. The van der Waals surface area contributed by atoms with Crippen molar-refractivity contribution in [1.29, 1.82) is 5.26 Å². The van der Waals surface area contributed by atoms with E-state index in [1.807, 2.05) is 20.2 Å². The Morgan fingerprint density at radius 1 is 1.82 bits per heavy atom. The van der Waals surface area contributed by atoms with E-state index in [0.29, 0.717) is 12.8 Å². The second-order valence-corrected chi connectivity index (χ2v) is 2.37. The predicted molar refractivity (Wildman–Crippen MR) is 39.4 cm³/mol. The smallest absolute Gasteiger partial charge is 0.310 e. The van der Waals surface area contributed by atoms with Crippen LogP contribution in [0.3, 0.4) is 0 Å². The van der Waals surface area contributed by atoms with Gasteiger partial charge in [-0.25, -0.2) is 5.01 Å². The Hall–Kier alpha value is -1.44. The molecule has 0 fully saturated rings. The van der Waals surface area contributed by atoms with Crippen LogP contribution in [0.5, 0.6) is 0 Å². The summed E-state index contributed by atoms with van der Waals surface area (Å²) in [5.74, 6) is 0. The van der Waals surface area contributed by atoms with Gasteiger partial charge in [-0.3, -0.25) is 0 Å². The summed E-state index contributed by atoms with van der Waals surface area (Å²) in [5, 5.41) is 13.9. The number of hydrogen-bond donors (Lipinski definition) is 0. The van der Waals surface area contributed by atoms with Crippen LogP contribution in [-0.4, -0.2) is 43.3 Å². The molecule has 1 aliphatic rings. The van der Waals surface area contributed by atoms with Gasteiger partial charge < -0.3 is 9.64 Å². The van der Waals surface area contributed by atoms with Crippen LogP contribution in [0.15, 0.2) is 5.10 Å². The van der Waals surface area contributed by atoms with Gasteiger partial charge in [0.2, 0.25) is 0 Å². The third-order valence-electron chi connectivity index (χ3n) is 1.21. The molecule has 1 heterocycles. The van der Waals surface area contributed by atoms with Crippen LogP contribution < -0.4 is 0 Å². The average molecular weight is 154 g/mol. The normalized spacial score (nSPS) is 15.4. The zero-order chi connectivity index (χ0) is 8.27. The molecule has 60 valence electrons. The van der Waals surface area contributed by atoms with Crippen LogP contribution >= 0.6 is 0 Å². The predicted octanol–water partition coefficient (Wildman–Crippen LogP) is -0.368. The summed E-state index contributed by atoms with van der Waals surface area (Å²) in [7, 11) is 3.68. The third kappa shape index (κ3) is 1.74. The highest BCUT2D eigenvalue weighted by molar-refractivity contribution is 5.73. The fourth-order valence-corrected chi connectivity index (χ4v) is 0.692. The molecule has 0 atom stereocenters. The van der Waals surface area contributed by atoms with Gasteiger partial charge in [0.15, 0.2) is 6.73 Å². The first-order valence-electron chi connectivity index (χ1n) is 3.24. The standard InChI is InChI=1S/C6H10N4O/c1-9(2)6-8-10(4-3-7)5-11-6/h4-5H2,1-2H3. The fraction of sp³-hybridized carbons (Fsp3) is 0.667. The van der Waals surface area contributed by atoms with Crippen molar-refractivity contribution in [3.8, 4) is 6.07 Å².